The van der Waals surface area contributed by atoms with Crippen LogP contribution in [0.3, 0.4) is 0 Å². The maximum atomic E-state index is 2.40. The lowest BCUT2D eigenvalue weighted by Crippen LogP contribution is -2.28. The average molecular weight is 165 g/mol. The topological polar surface area (TPSA) is 3.24 Å². The monoisotopic (exact) mass is 165 g/mol. The first-order valence-corrected chi connectivity index (χ1v) is 4.95. The summed E-state index contributed by atoms with van der Waals surface area (Å²) in [6.45, 7) is 5.69. The molecule has 0 aliphatic carbocycles. The van der Waals surface area contributed by atoms with Crippen LogP contribution in [0.1, 0.15) is 33.1 Å². The minimum atomic E-state index is 0.590. The molecule has 0 saturated heterocycles. The van der Waals surface area contributed by atoms with Crippen LogP contribution in [0.25, 0.3) is 0 Å². The largest absolute Gasteiger partial charge is 0.371 e. The van der Waals surface area contributed by atoms with Crippen molar-refractivity contribution in [1.29, 1.82) is 0 Å². The second-order valence-electron chi connectivity index (χ2n) is 3.41. The summed E-state index contributed by atoms with van der Waals surface area (Å²) in [5.41, 5.74) is 0. The molecule has 68 valence electrons. The van der Waals surface area contributed by atoms with Gasteiger partial charge < -0.3 is 4.90 Å². The molecule has 1 nitrogen and oxygen atoms in total. The summed E-state index contributed by atoms with van der Waals surface area (Å²) in [6.07, 6.45) is 12.7. The van der Waals surface area contributed by atoms with E-state index in [-0.39, 0.29) is 0 Å². The van der Waals surface area contributed by atoms with Gasteiger partial charge in [-0.3, -0.25) is 0 Å². The van der Waals surface area contributed by atoms with Gasteiger partial charge in [0.05, 0.1) is 0 Å². The molecule has 1 heteroatoms. The standard InChI is InChI=1S/C11H19N/c1-3-4-6-9-12-10-7-5-8-11(12)2/h5,7-8,10-11H,3-4,6,9H2,1-2H3. The highest BCUT2D eigenvalue weighted by atomic mass is 15.1. The maximum Gasteiger partial charge on any atom is 0.0442 e. The summed E-state index contributed by atoms with van der Waals surface area (Å²) >= 11 is 0. The Morgan fingerprint density at radius 1 is 1.25 bits per heavy atom. The zero-order chi connectivity index (χ0) is 8.81. The highest BCUT2D eigenvalue weighted by Gasteiger charge is 2.07. The summed E-state index contributed by atoms with van der Waals surface area (Å²) in [7, 11) is 0. The van der Waals surface area contributed by atoms with Gasteiger partial charge in [-0.2, -0.15) is 0 Å². The van der Waals surface area contributed by atoms with Crippen LogP contribution >= 0.6 is 0 Å². The van der Waals surface area contributed by atoms with E-state index in [4.69, 9.17) is 0 Å². The molecule has 0 bridgehead atoms. The lowest BCUT2D eigenvalue weighted by Gasteiger charge is -2.27. The average Bonchev–Trinajstić information content (AvgIpc) is 2.09. The Bertz CT molecular complexity index is 170. The predicted octanol–water partition coefficient (Wildman–Crippen LogP) is 2.95. The van der Waals surface area contributed by atoms with Crippen molar-refractivity contribution < 1.29 is 0 Å². The molecule has 1 aliphatic heterocycles. The Morgan fingerprint density at radius 3 is 2.75 bits per heavy atom. The molecule has 0 spiro atoms. The van der Waals surface area contributed by atoms with Crippen LogP contribution in [0, 0.1) is 0 Å². The van der Waals surface area contributed by atoms with E-state index in [1.807, 2.05) is 0 Å². The van der Waals surface area contributed by atoms with Crippen molar-refractivity contribution in [3.05, 3.63) is 24.4 Å². The normalized spacial score (nSPS) is 21.8. The third-order valence-electron chi connectivity index (χ3n) is 2.32. The van der Waals surface area contributed by atoms with Crippen LogP contribution in [0.4, 0.5) is 0 Å². The molecule has 1 heterocycles. The molecule has 0 aromatic carbocycles. The number of hydrogen-bond donors (Lipinski definition) is 0. The van der Waals surface area contributed by atoms with Gasteiger partial charge in [0.25, 0.3) is 0 Å². The van der Waals surface area contributed by atoms with Crippen molar-refractivity contribution in [2.75, 3.05) is 6.54 Å². The Hall–Kier alpha value is -0.720. The van der Waals surface area contributed by atoms with Crippen LogP contribution in [0.15, 0.2) is 24.4 Å². The fraction of sp³-hybridized carbons (Fsp3) is 0.636. The maximum absolute atomic E-state index is 2.40. The van der Waals surface area contributed by atoms with E-state index in [2.05, 4.69) is 43.2 Å². The van der Waals surface area contributed by atoms with Gasteiger partial charge in [-0.1, -0.05) is 31.9 Å². The van der Waals surface area contributed by atoms with E-state index >= 15 is 0 Å². The van der Waals surface area contributed by atoms with Crippen LogP contribution in [-0.4, -0.2) is 17.5 Å². The van der Waals surface area contributed by atoms with E-state index in [9.17, 15) is 0 Å². The predicted molar refractivity (Wildman–Crippen MR) is 54.0 cm³/mol. The minimum absolute atomic E-state index is 0.590. The zero-order valence-corrected chi connectivity index (χ0v) is 8.16. The van der Waals surface area contributed by atoms with E-state index in [1.54, 1.807) is 0 Å². The van der Waals surface area contributed by atoms with Crippen molar-refractivity contribution in [1.82, 2.24) is 4.90 Å². The highest BCUT2D eigenvalue weighted by Crippen LogP contribution is 2.09. The van der Waals surface area contributed by atoms with E-state index < -0.39 is 0 Å². The van der Waals surface area contributed by atoms with Gasteiger partial charge in [-0.05, 0) is 25.6 Å². The molecule has 0 saturated carbocycles. The van der Waals surface area contributed by atoms with Crippen molar-refractivity contribution in [2.24, 2.45) is 0 Å². The lowest BCUT2D eigenvalue weighted by molar-refractivity contribution is 0.324. The molecule has 0 aromatic rings. The number of rotatable bonds is 4. The number of unbranched alkanes of at least 4 members (excludes halogenated alkanes) is 2. The molecule has 0 aromatic heterocycles. The molecule has 0 N–H and O–H groups in total. The van der Waals surface area contributed by atoms with Gasteiger partial charge in [0, 0.05) is 12.6 Å². The van der Waals surface area contributed by atoms with Crippen LogP contribution in [0.5, 0.6) is 0 Å². The molecular formula is C11H19N. The molecule has 0 radical (unpaired) electrons. The summed E-state index contributed by atoms with van der Waals surface area (Å²) in [4.78, 5) is 2.40. The first-order chi connectivity index (χ1) is 5.84. The van der Waals surface area contributed by atoms with E-state index in [0.29, 0.717) is 6.04 Å². The van der Waals surface area contributed by atoms with Gasteiger partial charge in [0.1, 0.15) is 0 Å². The minimum Gasteiger partial charge on any atom is -0.371 e. The summed E-state index contributed by atoms with van der Waals surface area (Å²) < 4.78 is 0. The van der Waals surface area contributed by atoms with Crippen molar-refractivity contribution in [2.45, 2.75) is 39.2 Å². The van der Waals surface area contributed by atoms with Crippen LogP contribution < -0.4 is 0 Å². The van der Waals surface area contributed by atoms with E-state index in [0.717, 1.165) is 0 Å². The Balaban J connectivity index is 2.23. The molecule has 12 heavy (non-hydrogen) atoms. The molecule has 1 aliphatic rings. The number of nitrogens with zero attached hydrogens (tertiary/aromatic N) is 1. The number of allylic oxidation sites excluding steroid dienone is 2. The van der Waals surface area contributed by atoms with Crippen molar-refractivity contribution in [3.8, 4) is 0 Å². The van der Waals surface area contributed by atoms with Gasteiger partial charge in [-0.25, -0.2) is 0 Å². The molecule has 1 unspecified atom stereocenters. The third kappa shape index (κ3) is 2.72. The van der Waals surface area contributed by atoms with Crippen LogP contribution in [0.2, 0.25) is 0 Å². The molecule has 0 fully saturated rings. The zero-order valence-electron chi connectivity index (χ0n) is 8.16. The van der Waals surface area contributed by atoms with Crippen molar-refractivity contribution in [3.63, 3.8) is 0 Å². The van der Waals surface area contributed by atoms with Gasteiger partial charge in [0.15, 0.2) is 0 Å². The van der Waals surface area contributed by atoms with Crippen LogP contribution in [-0.2, 0) is 0 Å². The Labute approximate surface area is 75.8 Å². The second-order valence-corrected chi connectivity index (χ2v) is 3.41. The van der Waals surface area contributed by atoms with Gasteiger partial charge in [-0.15, -0.1) is 0 Å². The summed E-state index contributed by atoms with van der Waals surface area (Å²) in [6, 6.07) is 0.590. The lowest BCUT2D eigenvalue weighted by atomic mass is 10.2. The SMILES string of the molecule is CCCCCN1C=CC=CC1C. The fourth-order valence-electron chi connectivity index (χ4n) is 1.45. The quantitative estimate of drug-likeness (QED) is 0.579. The van der Waals surface area contributed by atoms with Gasteiger partial charge >= 0.3 is 0 Å². The van der Waals surface area contributed by atoms with Crippen molar-refractivity contribution >= 4 is 0 Å². The molecule has 0 amide bonds. The Kier molecular flexibility index (Phi) is 3.92. The molecule has 1 atom stereocenters. The second kappa shape index (κ2) is 5.02. The fourth-order valence-corrected chi connectivity index (χ4v) is 1.45. The smallest absolute Gasteiger partial charge is 0.0442 e. The summed E-state index contributed by atoms with van der Waals surface area (Å²) in [5, 5.41) is 0. The number of hydrogen-bond acceptors (Lipinski definition) is 1. The molecular weight excluding hydrogens is 146 g/mol. The van der Waals surface area contributed by atoms with E-state index in [1.165, 1.54) is 25.8 Å². The highest BCUT2D eigenvalue weighted by molar-refractivity contribution is 5.11. The first kappa shape index (κ1) is 9.37. The summed E-state index contributed by atoms with van der Waals surface area (Å²) in [5.74, 6) is 0. The third-order valence-corrected chi connectivity index (χ3v) is 2.32. The Morgan fingerprint density at radius 2 is 2.08 bits per heavy atom. The first-order valence-electron chi connectivity index (χ1n) is 4.95. The van der Waals surface area contributed by atoms with Gasteiger partial charge in [0.2, 0.25) is 0 Å². The molecule has 1 rings (SSSR count).